The molecular weight excluding hydrogens is 156 g/mol. The van der Waals surface area contributed by atoms with E-state index in [1.807, 2.05) is 6.92 Å². The minimum atomic E-state index is -0.589. The van der Waals surface area contributed by atoms with Crippen LogP contribution < -0.4 is 0 Å². The van der Waals surface area contributed by atoms with Crippen LogP contribution in [0.1, 0.15) is 26.7 Å². The fourth-order valence-corrected chi connectivity index (χ4v) is 0.597. The van der Waals surface area contributed by atoms with Gasteiger partial charge in [-0.1, -0.05) is 19.4 Å². The fourth-order valence-electron chi connectivity index (χ4n) is 0.597. The zero-order valence-electron chi connectivity index (χ0n) is 7.62. The van der Waals surface area contributed by atoms with Gasteiger partial charge in [0, 0.05) is 6.08 Å². The average Bonchev–Trinajstić information content (AvgIpc) is 2.01. The largest absolute Gasteiger partial charge is 0.460 e. The Morgan fingerprint density at radius 1 is 1.67 bits per heavy atom. The number of carbonyl (C=O) groups is 1. The highest BCUT2D eigenvalue weighted by atomic mass is 16.5. The first-order valence-corrected chi connectivity index (χ1v) is 4.18. The van der Waals surface area contributed by atoms with Crippen molar-refractivity contribution in [2.75, 3.05) is 6.61 Å². The second kappa shape index (κ2) is 6.85. The highest BCUT2D eigenvalue weighted by Crippen LogP contribution is 1.91. The summed E-state index contributed by atoms with van der Waals surface area (Å²) in [5.41, 5.74) is 0. The maximum Gasteiger partial charge on any atom is 0.330 e. The molecule has 3 nitrogen and oxygen atoms in total. The molecule has 0 aromatic heterocycles. The van der Waals surface area contributed by atoms with Crippen LogP contribution in [-0.2, 0) is 9.53 Å². The summed E-state index contributed by atoms with van der Waals surface area (Å²) in [6.45, 7) is 3.67. The summed E-state index contributed by atoms with van der Waals surface area (Å²) in [6, 6.07) is 0. The van der Waals surface area contributed by atoms with Gasteiger partial charge in [0.15, 0.2) is 0 Å². The molecule has 0 heterocycles. The monoisotopic (exact) mass is 172 g/mol. The normalized spacial score (nSPS) is 13.2. The molecule has 1 N–H and O–H groups in total. The van der Waals surface area contributed by atoms with Crippen LogP contribution in [-0.4, -0.2) is 23.8 Å². The van der Waals surface area contributed by atoms with Crippen molar-refractivity contribution in [3.05, 3.63) is 12.2 Å². The Morgan fingerprint density at radius 2 is 2.33 bits per heavy atom. The predicted octanol–water partition coefficient (Wildman–Crippen LogP) is 1.27. The van der Waals surface area contributed by atoms with Crippen LogP contribution in [0, 0.1) is 0 Å². The van der Waals surface area contributed by atoms with E-state index in [9.17, 15) is 4.79 Å². The molecule has 0 aliphatic heterocycles. The Bertz CT molecular complexity index is 150. The van der Waals surface area contributed by atoms with Crippen molar-refractivity contribution in [3.63, 3.8) is 0 Å². The Kier molecular flexibility index (Phi) is 6.38. The van der Waals surface area contributed by atoms with Crippen molar-refractivity contribution >= 4 is 5.97 Å². The number of hydrogen-bond acceptors (Lipinski definition) is 3. The maximum absolute atomic E-state index is 10.8. The highest BCUT2D eigenvalue weighted by Gasteiger charge is 1.99. The Balaban J connectivity index is 3.46. The van der Waals surface area contributed by atoms with E-state index in [-0.39, 0.29) is 12.6 Å². The van der Waals surface area contributed by atoms with E-state index < -0.39 is 6.10 Å². The second-order valence-electron chi connectivity index (χ2n) is 2.67. The van der Waals surface area contributed by atoms with Gasteiger partial charge in [0.1, 0.15) is 6.61 Å². The predicted molar refractivity (Wildman–Crippen MR) is 46.7 cm³/mol. The van der Waals surface area contributed by atoms with Crippen molar-refractivity contribution in [1.82, 2.24) is 0 Å². The summed E-state index contributed by atoms with van der Waals surface area (Å²) < 4.78 is 4.67. The van der Waals surface area contributed by atoms with E-state index in [4.69, 9.17) is 5.11 Å². The first kappa shape index (κ1) is 11.2. The van der Waals surface area contributed by atoms with Gasteiger partial charge < -0.3 is 9.84 Å². The third-order valence-corrected chi connectivity index (χ3v) is 1.18. The van der Waals surface area contributed by atoms with Crippen molar-refractivity contribution < 1.29 is 14.6 Å². The van der Waals surface area contributed by atoms with Crippen LogP contribution in [0.2, 0.25) is 0 Å². The van der Waals surface area contributed by atoms with E-state index in [0.717, 1.165) is 12.8 Å². The first-order chi connectivity index (χ1) is 5.66. The zero-order chi connectivity index (χ0) is 9.40. The number of ether oxygens (including phenoxy) is 1. The standard InChI is InChI=1S/C9H16O3/c1-3-4-5-6-9(11)12-7-8(2)10/h5-6,8,10H,3-4,7H2,1-2H3. The van der Waals surface area contributed by atoms with E-state index in [1.54, 1.807) is 13.0 Å². The van der Waals surface area contributed by atoms with E-state index in [2.05, 4.69) is 4.74 Å². The van der Waals surface area contributed by atoms with Crippen LogP contribution in [0.5, 0.6) is 0 Å². The maximum atomic E-state index is 10.8. The lowest BCUT2D eigenvalue weighted by Crippen LogP contribution is -2.13. The molecule has 0 saturated carbocycles. The van der Waals surface area contributed by atoms with E-state index in [1.165, 1.54) is 6.08 Å². The number of esters is 1. The molecule has 0 aliphatic carbocycles. The second-order valence-corrected chi connectivity index (χ2v) is 2.67. The number of rotatable bonds is 5. The number of aliphatic hydroxyl groups is 1. The smallest absolute Gasteiger partial charge is 0.330 e. The molecule has 3 heteroatoms. The van der Waals surface area contributed by atoms with Crippen molar-refractivity contribution in [2.45, 2.75) is 32.8 Å². The zero-order valence-corrected chi connectivity index (χ0v) is 7.62. The summed E-state index contributed by atoms with van der Waals surface area (Å²) in [5, 5.41) is 8.77. The molecule has 0 rings (SSSR count). The molecule has 0 amide bonds. The summed E-state index contributed by atoms with van der Waals surface area (Å²) in [4.78, 5) is 10.8. The van der Waals surface area contributed by atoms with Gasteiger partial charge in [0.05, 0.1) is 6.10 Å². The van der Waals surface area contributed by atoms with E-state index in [0.29, 0.717) is 0 Å². The van der Waals surface area contributed by atoms with E-state index >= 15 is 0 Å². The Labute approximate surface area is 73.0 Å². The lowest BCUT2D eigenvalue weighted by molar-refractivity contribution is -0.140. The van der Waals surface area contributed by atoms with Crippen LogP contribution in [0.4, 0.5) is 0 Å². The number of hydrogen-bond donors (Lipinski definition) is 1. The van der Waals surface area contributed by atoms with Gasteiger partial charge in [0.25, 0.3) is 0 Å². The molecule has 0 spiro atoms. The Hall–Kier alpha value is -0.830. The van der Waals surface area contributed by atoms with Crippen LogP contribution in [0.15, 0.2) is 12.2 Å². The van der Waals surface area contributed by atoms with Crippen molar-refractivity contribution in [2.24, 2.45) is 0 Å². The topological polar surface area (TPSA) is 46.5 Å². The molecule has 1 unspecified atom stereocenters. The van der Waals surface area contributed by atoms with Crippen LogP contribution in [0.25, 0.3) is 0 Å². The average molecular weight is 172 g/mol. The highest BCUT2D eigenvalue weighted by molar-refractivity contribution is 5.81. The molecule has 0 fully saturated rings. The lowest BCUT2D eigenvalue weighted by Gasteiger charge is -2.02. The van der Waals surface area contributed by atoms with Gasteiger partial charge in [-0.15, -0.1) is 0 Å². The number of allylic oxidation sites excluding steroid dienone is 1. The molecule has 1 atom stereocenters. The van der Waals surface area contributed by atoms with Gasteiger partial charge in [-0.3, -0.25) is 0 Å². The molecule has 0 aliphatic rings. The lowest BCUT2D eigenvalue weighted by atomic mass is 10.3. The molecule has 0 bridgehead atoms. The molecular formula is C9H16O3. The third kappa shape index (κ3) is 7.28. The number of aliphatic hydroxyl groups excluding tert-OH is 1. The molecule has 0 radical (unpaired) electrons. The number of unbranched alkanes of at least 4 members (excludes halogenated alkanes) is 1. The Morgan fingerprint density at radius 3 is 2.83 bits per heavy atom. The molecule has 0 aromatic carbocycles. The summed E-state index contributed by atoms with van der Waals surface area (Å²) in [7, 11) is 0. The summed E-state index contributed by atoms with van der Waals surface area (Å²) in [6.07, 6.45) is 4.47. The molecule has 0 saturated heterocycles. The third-order valence-electron chi connectivity index (χ3n) is 1.18. The first-order valence-electron chi connectivity index (χ1n) is 4.18. The molecule has 12 heavy (non-hydrogen) atoms. The van der Waals surface area contributed by atoms with Gasteiger partial charge in [-0.25, -0.2) is 4.79 Å². The fraction of sp³-hybridized carbons (Fsp3) is 0.667. The SMILES string of the molecule is CCCC=CC(=O)OCC(C)O. The minimum absolute atomic E-state index is 0.0648. The summed E-state index contributed by atoms with van der Waals surface area (Å²) in [5.74, 6) is -0.385. The van der Waals surface area contributed by atoms with Crippen molar-refractivity contribution in [3.8, 4) is 0 Å². The van der Waals surface area contributed by atoms with Gasteiger partial charge in [-0.05, 0) is 13.3 Å². The van der Waals surface area contributed by atoms with Crippen LogP contribution >= 0.6 is 0 Å². The summed E-state index contributed by atoms with van der Waals surface area (Å²) >= 11 is 0. The van der Waals surface area contributed by atoms with Crippen LogP contribution in [0.3, 0.4) is 0 Å². The quantitative estimate of drug-likeness (QED) is 0.501. The van der Waals surface area contributed by atoms with Crippen molar-refractivity contribution in [1.29, 1.82) is 0 Å². The van der Waals surface area contributed by atoms with Gasteiger partial charge in [0.2, 0.25) is 0 Å². The number of carbonyl (C=O) groups excluding carboxylic acids is 1. The van der Waals surface area contributed by atoms with Gasteiger partial charge in [-0.2, -0.15) is 0 Å². The van der Waals surface area contributed by atoms with Gasteiger partial charge >= 0.3 is 5.97 Å². The molecule has 0 aromatic rings. The molecule has 70 valence electrons. The minimum Gasteiger partial charge on any atom is -0.460 e.